The number of amides is 1. The first-order valence-corrected chi connectivity index (χ1v) is 3.88. The van der Waals surface area contributed by atoms with Gasteiger partial charge in [-0.1, -0.05) is 13.3 Å². The molecule has 0 aromatic heterocycles. The molecule has 0 bridgehead atoms. The molecule has 1 aliphatic carbocycles. The van der Waals surface area contributed by atoms with E-state index in [4.69, 9.17) is 0 Å². The molecule has 0 spiro atoms. The molecule has 2 atom stereocenters. The van der Waals surface area contributed by atoms with Crippen LogP contribution in [0, 0.1) is 11.8 Å². The Morgan fingerprint density at radius 2 is 2.20 bits per heavy atom. The molecule has 0 aromatic carbocycles. The van der Waals surface area contributed by atoms with Gasteiger partial charge >= 0.3 is 0 Å². The SMILES string of the molecule is CCC1CC1C(=O)N(C)C. The van der Waals surface area contributed by atoms with Crippen LogP contribution in [-0.4, -0.2) is 24.9 Å². The van der Waals surface area contributed by atoms with Gasteiger partial charge in [-0.3, -0.25) is 4.79 Å². The molecule has 2 heteroatoms. The largest absolute Gasteiger partial charge is 0.349 e. The van der Waals surface area contributed by atoms with Crippen LogP contribution in [0.3, 0.4) is 0 Å². The quantitative estimate of drug-likeness (QED) is 0.564. The first kappa shape index (κ1) is 7.58. The lowest BCUT2D eigenvalue weighted by atomic mass is 10.2. The van der Waals surface area contributed by atoms with Gasteiger partial charge in [0, 0.05) is 20.0 Å². The van der Waals surface area contributed by atoms with Crippen LogP contribution in [0.15, 0.2) is 0 Å². The van der Waals surface area contributed by atoms with E-state index in [2.05, 4.69) is 6.92 Å². The lowest BCUT2D eigenvalue weighted by Crippen LogP contribution is -2.23. The van der Waals surface area contributed by atoms with Gasteiger partial charge in [-0.2, -0.15) is 0 Å². The zero-order valence-corrected chi connectivity index (χ0v) is 6.92. The van der Waals surface area contributed by atoms with Crippen molar-refractivity contribution >= 4 is 5.91 Å². The molecule has 1 fully saturated rings. The second-order valence-electron chi connectivity index (χ2n) is 3.24. The fourth-order valence-electron chi connectivity index (χ4n) is 1.33. The van der Waals surface area contributed by atoms with Crippen LogP contribution < -0.4 is 0 Å². The molecule has 0 heterocycles. The zero-order valence-electron chi connectivity index (χ0n) is 6.92. The molecule has 0 aliphatic heterocycles. The fraction of sp³-hybridized carbons (Fsp3) is 0.875. The van der Waals surface area contributed by atoms with Gasteiger partial charge in [0.2, 0.25) is 5.91 Å². The highest BCUT2D eigenvalue weighted by molar-refractivity contribution is 5.81. The Morgan fingerprint density at radius 3 is 2.50 bits per heavy atom. The minimum atomic E-state index is 0.312. The predicted octanol–water partition coefficient (Wildman–Crippen LogP) is 1.12. The Bertz CT molecular complexity index is 142. The van der Waals surface area contributed by atoms with Gasteiger partial charge in [-0.15, -0.1) is 0 Å². The van der Waals surface area contributed by atoms with Gasteiger partial charge in [-0.25, -0.2) is 0 Å². The van der Waals surface area contributed by atoms with Crippen molar-refractivity contribution in [1.29, 1.82) is 0 Å². The van der Waals surface area contributed by atoms with E-state index < -0.39 is 0 Å². The first-order valence-electron chi connectivity index (χ1n) is 3.88. The molecule has 0 aromatic rings. The molecule has 2 nitrogen and oxygen atoms in total. The van der Waals surface area contributed by atoms with Gasteiger partial charge in [-0.05, 0) is 12.3 Å². The van der Waals surface area contributed by atoms with E-state index >= 15 is 0 Å². The molecular formula is C8H15NO. The summed E-state index contributed by atoms with van der Waals surface area (Å²) in [6.07, 6.45) is 2.28. The smallest absolute Gasteiger partial charge is 0.225 e. The Hall–Kier alpha value is -0.530. The van der Waals surface area contributed by atoms with Crippen molar-refractivity contribution in [2.45, 2.75) is 19.8 Å². The Labute approximate surface area is 62.2 Å². The molecule has 0 saturated heterocycles. The van der Waals surface area contributed by atoms with Crippen LogP contribution in [0.4, 0.5) is 0 Å². The average Bonchev–Trinajstić information content (AvgIpc) is 2.64. The average molecular weight is 141 g/mol. The van der Waals surface area contributed by atoms with E-state index in [-0.39, 0.29) is 0 Å². The Morgan fingerprint density at radius 1 is 1.60 bits per heavy atom. The number of hydrogen-bond acceptors (Lipinski definition) is 1. The highest BCUT2D eigenvalue weighted by atomic mass is 16.2. The molecular weight excluding hydrogens is 126 g/mol. The van der Waals surface area contributed by atoms with Crippen molar-refractivity contribution in [2.24, 2.45) is 11.8 Å². The summed E-state index contributed by atoms with van der Waals surface area (Å²) in [6, 6.07) is 0. The van der Waals surface area contributed by atoms with Crippen molar-refractivity contribution in [3.05, 3.63) is 0 Å². The minimum Gasteiger partial charge on any atom is -0.349 e. The van der Waals surface area contributed by atoms with E-state index in [0.29, 0.717) is 17.7 Å². The van der Waals surface area contributed by atoms with Gasteiger partial charge < -0.3 is 4.90 Å². The van der Waals surface area contributed by atoms with Crippen LogP contribution in [0.1, 0.15) is 19.8 Å². The fourth-order valence-corrected chi connectivity index (χ4v) is 1.33. The molecule has 2 unspecified atom stereocenters. The summed E-state index contributed by atoms with van der Waals surface area (Å²) in [5, 5.41) is 0. The molecule has 1 aliphatic rings. The summed E-state index contributed by atoms with van der Waals surface area (Å²) in [4.78, 5) is 12.9. The molecule has 1 rings (SSSR count). The monoisotopic (exact) mass is 141 g/mol. The maximum absolute atomic E-state index is 11.2. The number of nitrogens with zero attached hydrogens (tertiary/aromatic N) is 1. The van der Waals surface area contributed by atoms with Crippen LogP contribution >= 0.6 is 0 Å². The van der Waals surface area contributed by atoms with Crippen molar-refractivity contribution in [3.8, 4) is 0 Å². The molecule has 0 N–H and O–H groups in total. The summed E-state index contributed by atoms with van der Waals surface area (Å²) in [7, 11) is 3.65. The van der Waals surface area contributed by atoms with Crippen LogP contribution in [-0.2, 0) is 4.79 Å². The highest BCUT2D eigenvalue weighted by Crippen LogP contribution is 2.41. The molecule has 1 saturated carbocycles. The van der Waals surface area contributed by atoms with E-state index in [1.54, 1.807) is 4.90 Å². The normalized spacial score (nSPS) is 29.9. The van der Waals surface area contributed by atoms with Gasteiger partial charge in [0.15, 0.2) is 0 Å². The minimum absolute atomic E-state index is 0.312. The molecule has 0 radical (unpaired) electrons. The molecule has 58 valence electrons. The maximum atomic E-state index is 11.2. The van der Waals surface area contributed by atoms with Gasteiger partial charge in [0.05, 0.1) is 0 Å². The van der Waals surface area contributed by atoms with Crippen molar-refractivity contribution in [2.75, 3.05) is 14.1 Å². The summed E-state index contributed by atoms with van der Waals surface area (Å²) >= 11 is 0. The first-order chi connectivity index (χ1) is 4.66. The van der Waals surface area contributed by atoms with E-state index in [0.717, 1.165) is 12.8 Å². The lowest BCUT2D eigenvalue weighted by molar-refractivity contribution is -0.130. The topological polar surface area (TPSA) is 20.3 Å². The second kappa shape index (κ2) is 2.60. The van der Waals surface area contributed by atoms with Gasteiger partial charge in [0.25, 0.3) is 0 Å². The Kier molecular flexibility index (Phi) is 1.97. The van der Waals surface area contributed by atoms with Crippen LogP contribution in [0.25, 0.3) is 0 Å². The maximum Gasteiger partial charge on any atom is 0.225 e. The summed E-state index contributed by atoms with van der Waals surface area (Å²) in [5.74, 6) is 1.36. The van der Waals surface area contributed by atoms with E-state index in [1.165, 1.54) is 0 Å². The number of carbonyl (C=O) groups is 1. The number of rotatable bonds is 2. The number of hydrogen-bond donors (Lipinski definition) is 0. The third-order valence-electron chi connectivity index (χ3n) is 2.20. The number of carbonyl (C=O) groups excluding carboxylic acids is 1. The molecule has 10 heavy (non-hydrogen) atoms. The summed E-state index contributed by atoms with van der Waals surface area (Å²) in [5.41, 5.74) is 0. The standard InChI is InChI=1S/C8H15NO/c1-4-6-5-7(6)8(10)9(2)3/h6-7H,4-5H2,1-3H3. The van der Waals surface area contributed by atoms with Crippen molar-refractivity contribution in [1.82, 2.24) is 4.90 Å². The van der Waals surface area contributed by atoms with Crippen LogP contribution in [0.2, 0.25) is 0 Å². The van der Waals surface area contributed by atoms with Crippen LogP contribution in [0.5, 0.6) is 0 Å². The van der Waals surface area contributed by atoms with Crippen molar-refractivity contribution in [3.63, 3.8) is 0 Å². The third kappa shape index (κ3) is 1.31. The second-order valence-corrected chi connectivity index (χ2v) is 3.24. The third-order valence-corrected chi connectivity index (χ3v) is 2.20. The summed E-state index contributed by atoms with van der Waals surface area (Å²) in [6.45, 7) is 2.15. The van der Waals surface area contributed by atoms with E-state index in [9.17, 15) is 4.79 Å². The van der Waals surface area contributed by atoms with Gasteiger partial charge in [0.1, 0.15) is 0 Å². The van der Waals surface area contributed by atoms with E-state index in [1.807, 2.05) is 14.1 Å². The zero-order chi connectivity index (χ0) is 7.72. The summed E-state index contributed by atoms with van der Waals surface area (Å²) < 4.78 is 0. The predicted molar refractivity (Wildman–Crippen MR) is 40.6 cm³/mol. The lowest BCUT2D eigenvalue weighted by Gasteiger charge is -2.08. The Balaban J connectivity index is 2.33. The highest BCUT2D eigenvalue weighted by Gasteiger charge is 2.41. The molecule has 1 amide bonds. The van der Waals surface area contributed by atoms with Crippen molar-refractivity contribution < 1.29 is 4.79 Å².